The summed E-state index contributed by atoms with van der Waals surface area (Å²) in [4.78, 5) is 28.2. The van der Waals surface area contributed by atoms with Gasteiger partial charge < -0.3 is 0 Å². The quantitative estimate of drug-likeness (QED) is 0.411. The molecule has 0 aliphatic heterocycles. The summed E-state index contributed by atoms with van der Waals surface area (Å²) in [6.45, 7) is 0. The summed E-state index contributed by atoms with van der Waals surface area (Å²) in [6.07, 6.45) is 1.93. The van der Waals surface area contributed by atoms with Crippen molar-refractivity contribution >= 4 is 52.3 Å². The molecule has 4 aromatic rings. The second-order valence-electron chi connectivity index (χ2n) is 6.38. The van der Waals surface area contributed by atoms with E-state index in [-0.39, 0.29) is 26.8 Å². The molecule has 3 aromatic carbocycles. The van der Waals surface area contributed by atoms with E-state index >= 15 is 0 Å². The molecule has 144 valence electrons. The first kappa shape index (κ1) is 19.0. The van der Waals surface area contributed by atoms with E-state index in [1.165, 1.54) is 0 Å². The first-order chi connectivity index (χ1) is 14.2. The van der Waals surface area contributed by atoms with Crippen LogP contribution in [0.15, 0.2) is 79.0 Å². The summed E-state index contributed by atoms with van der Waals surface area (Å²) in [7, 11) is 1.62. The number of nitrogens with one attached hydrogen (secondary N) is 3. The van der Waals surface area contributed by atoms with Crippen LogP contribution in [0.3, 0.4) is 0 Å². The van der Waals surface area contributed by atoms with Crippen LogP contribution in [0.5, 0.6) is 0 Å². The average Bonchev–Trinajstić information content (AvgIpc) is 3.17. The number of fused-ring (bicyclic) bond motifs is 1. The van der Waals surface area contributed by atoms with Crippen molar-refractivity contribution < 1.29 is 9.59 Å². The second kappa shape index (κ2) is 8.35. The fraction of sp³-hybridized carbons (Fsp3) is 0.0435. The standard InChI is InChI=1S/C23H19N3O2Se/c1-24-22(27)18-12-7-11-16-20(14-25-21(16)18)29-19-13-6-5-10-17(19)23(28)26-15-8-3-2-4-9-15/h2-14,25H,1H3,(H,24,27)(H,26,28). The fourth-order valence-electron chi connectivity index (χ4n) is 3.12. The van der Waals surface area contributed by atoms with Crippen molar-refractivity contribution in [3.8, 4) is 0 Å². The third-order valence-electron chi connectivity index (χ3n) is 4.53. The molecule has 1 heterocycles. The third kappa shape index (κ3) is 3.94. The zero-order chi connectivity index (χ0) is 20.2. The number of aromatic amines is 1. The molecule has 0 fully saturated rings. The Labute approximate surface area is 174 Å². The SMILES string of the molecule is CNC(=O)c1cccc2c([Se]c3ccccc3C(=O)Nc3ccccc3)c[nH]c12. The monoisotopic (exact) mass is 449 g/mol. The molecule has 0 radical (unpaired) electrons. The van der Waals surface area contributed by atoms with E-state index in [0.717, 1.165) is 25.5 Å². The molecule has 29 heavy (non-hydrogen) atoms. The van der Waals surface area contributed by atoms with Crippen molar-refractivity contribution in [1.29, 1.82) is 0 Å². The van der Waals surface area contributed by atoms with Crippen LogP contribution in [-0.2, 0) is 0 Å². The van der Waals surface area contributed by atoms with Crippen molar-refractivity contribution in [3.63, 3.8) is 0 Å². The van der Waals surface area contributed by atoms with Gasteiger partial charge >= 0.3 is 175 Å². The predicted molar refractivity (Wildman–Crippen MR) is 118 cm³/mol. The van der Waals surface area contributed by atoms with Crippen LogP contribution < -0.4 is 19.6 Å². The van der Waals surface area contributed by atoms with Crippen LogP contribution in [0.4, 0.5) is 5.69 Å². The molecule has 3 N–H and O–H groups in total. The Morgan fingerprint density at radius 1 is 0.793 bits per heavy atom. The maximum atomic E-state index is 12.8. The molecule has 0 bridgehead atoms. The number of rotatable bonds is 5. The van der Waals surface area contributed by atoms with Crippen molar-refractivity contribution in [2.75, 3.05) is 12.4 Å². The second-order valence-corrected chi connectivity index (χ2v) is 8.65. The fourth-order valence-corrected chi connectivity index (χ4v) is 5.33. The molecular weight excluding hydrogens is 429 g/mol. The Kier molecular flexibility index (Phi) is 5.47. The van der Waals surface area contributed by atoms with Gasteiger partial charge in [0.25, 0.3) is 0 Å². The zero-order valence-electron chi connectivity index (χ0n) is 15.7. The number of carbonyl (C=O) groups excluding carboxylic acids is 2. The Hall–Kier alpha value is -3.34. The first-order valence-electron chi connectivity index (χ1n) is 9.13. The minimum absolute atomic E-state index is 0.107. The van der Waals surface area contributed by atoms with E-state index in [1.54, 1.807) is 13.1 Å². The van der Waals surface area contributed by atoms with E-state index in [9.17, 15) is 9.59 Å². The number of para-hydroxylation sites is 2. The molecule has 0 unspecified atom stereocenters. The zero-order valence-corrected chi connectivity index (χ0v) is 17.4. The number of anilines is 1. The van der Waals surface area contributed by atoms with Crippen LogP contribution in [0.1, 0.15) is 20.7 Å². The number of benzene rings is 3. The van der Waals surface area contributed by atoms with E-state index in [4.69, 9.17) is 0 Å². The van der Waals surface area contributed by atoms with Gasteiger partial charge in [0.05, 0.1) is 0 Å². The van der Waals surface area contributed by atoms with Gasteiger partial charge in [-0.1, -0.05) is 0 Å². The molecule has 6 heteroatoms. The Morgan fingerprint density at radius 3 is 2.31 bits per heavy atom. The molecule has 0 aliphatic carbocycles. The molecule has 0 saturated carbocycles. The van der Waals surface area contributed by atoms with Gasteiger partial charge in [-0.25, -0.2) is 0 Å². The van der Waals surface area contributed by atoms with E-state index in [0.29, 0.717) is 11.1 Å². The number of aromatic nitrogens is 1. The molecule has 4 rings (SSSR count). The summed E-state index contributed by atoms with van der Waals surface area (Å²) in [5.74, 6) is -0.251. The van der Waals surface area contributed by atoms with Crippen molar-refractivity contribution in [2.45, 2.75) is 0 Å². The maximum absolute atomic E-state index is 12.8. The summed E-state index contributed by atoms with van der Waals surface area (Å²) in [5.41, 5.74) is 2.85. The average molecular weight is 448 g/mol. The normalized spacial score (nSPS) is 10.7. The molecule has 0 saturated heterocycles. The number of hydrogen-bond acceptors (Lipinski definition) is 2. The number of amides is 2. The Balaban J connectivity index is 1.66. The molecule has 5 nitrogen and oxygen atoms in total. The predicted octanol–water partition coefficient (Wildman–Crippen LogP) is 2.43. The van der Waals surface area contributed by atoms with Gasteiger partial charge in [-0.05, 0) is 0 Å². The van der Waals surface area contributed by atoms with E-state index in [2.05, 4.69) is 15.6 Å². The minimum atomic E-state index is -0.126. The van der Waals surface area contributed by atoms with Gasteiger partial charge in [0, 0.05) is 0 Å². The van der Waals surface area contributed by atoms with Crippen LogP contribution >= 0.6 is 0 Å². The molecule has 1 aromatic heterocycles. The molecule has 2 amide bonds. The summed E-state index contributed by atoms with van der Waals surface area (Å²) in [6, 6.07) is 22.8. The Morgan fingerprint density at radius 2 is 1.52 bits per heavy atom. The van der Waals surface area contributed by atoms with Gasteiger partial charge in [0.1, 0.15) is 0 Å². The topological polar surface area (TPSA) is 74.0 Å². The number of H-pyrrole nitrogens is 1. The van der Waals surface area contributed by atoms with Gasteiger partial charge in [0.2, 0.25) is 0 Å². The van der Waals surface area contributed by atoms with Crippen LogP contribution in [0.25, 0.3) is 10.9 Å². The Bertz CT molecular complexity index is 1190. The van der Waals surface area contributed by atoms with Gasteiger partial charge in [-0.15, -0.1) is 0 Å². The van der Waals surface area contributed by atoms with Crippen molar-refractivity contribution in [3.05, 3.63) is 90.1 Å². The van der Waals surface area contributed by atoms with Gasteiger partial charge in [0.15, 0.2) is 0 Å². The van der Waals surface area contributed by atoms with Crippen LogP contribution in [0, 0.1) is 0 Å². The third-order valence-corrected chi connectivity index (χ3v) is 6.91. The first-order valence-corrected chi connectivity index (χ1v) is 10.8. The van der Waals surface area contributed by atoms with Crippen LogP contribution in [-0.4, -0.2) is 38.8 Å². The van der Waals surface area contributed by atoms with Gasteiger partial charge in [-0.2, -0.15) is 0 Å². The number of carbonyl (C=O) groups is 2. The summed E-state index contributed by atoms with van der Waals surface area (Å²) < 4.78 is 2.08. The van der Waals surface area contributed by atoms with Crippen molar-refractivity contribution in [1.82, 2.24) is 10.3 Å². The van der Waals surface area contributed by atoms with E-state index in [1.807, 2.05) is 72.9 Å². The molecular formula is C23H19N3O2Se. The molecule has 0 spiro atoms. The molecule has 0 atom stereocenters. The number of hydrogen-bond donors (Lipinski definition) is 3. The van der Waals surface area contributed by atoms with Crippen molar-refractivity contribution in [2.24, 2.45) is 0 Å². The van der Waals surface area contributed by atoms with Gasteiger partial charge in [-0.3, -0.25) is 0 Å². The summed E-state index contributed by atoms with van der Waals surface area (Å²) >= 11 is -0.107. The van der Waals surface area contributed by atoms with E-state index < -0.39 is 0 Å². The summed E-state index contributed by atoms with van der Waals surface area (Å²) in [5, 5.41) is 6.63. The molecule has 0 aliphatic rings. The van der Waals surface area contributed by atoms with Crippen LogP contribution in [0.2, 0.25) is 0 Å².